The summed E-state index contributed by atoms with van der Waals surface area (Å²) < 4.78 is 32.7. The zero-order valence-corrected chi connectivity index (χ0v) is 8.20. The molecule has 0 spiro atoms. The Labute approximate surface area is 84.2 Å². The molecule has 88 valence electrons. The number of carbonyl (C=O) groups is 2. The molecule has 0 unspecified atom stereocenters. The predicted molar refractivity (Wildman–Crippen MR) is 42.3 cm³/mol. The second kappa shape index (κ2) is 5.56. The van der Waals surface area contributed by atoms with E-state index in [1.165, 1.54) is 13.8 Å². The fraction of sp³-hybridized carbons (Fsp3) is 0.714. The maximum Gasteiger partial charge on any atom is 0.374 e. The SMILES string of the molecule is CCOC(=O)C(O)(C(=O)OCC)N(F)F. The number of carbonyl (C=O) groups excluding carboxylic acids is 2. The van der Waals surface area contributed by atoms with E-state index in [1.54, 1.807) is 0 Å². The molecule has 0 aromatic heterocycles. The molecule has 0 bridgehead atoms. The Bertz CT molecular complexity index is 228. The van der Waals surface area contributed by atoms with Crippen LogP contribution in [0.15, 0.2) is 0 Å². The number of hydrogen-bond acceptors (Lipinski definition) is 6. The van der Waals surface area contributed by atoms with Crippen molar-refractivity contribution < 1.29 is 33.1 Å². The third kappa shape index (κ3) is 2.83. The number of esters is 2. The van der Waals surface area contributed by atoms with Crippen LogP contribution in [0.2, 0.25) is 0 Å². The van der Waals surface area contributed by atoms with Crippen LogP contribution < -0.4 is 0 Å². The molecule has 0 fully saturated rings. The van der Waals surface area contributed by atoms with Crippen molar-refractivity contribution in [2.75, 3.05) is 13.2 Å². The van der Waals surface area contributed by atoms with Crippen molar-refractivity contribution in [1.82, 2.24) is 5.34 Å². The van der Waals surface area contributed by atoms with Gasteiger partial charge in [0.1, 0.15) is 0 Å². The van der Waals surface area contributed by atoms with Crippen molar-refractivity contribution in [1.29, 1.82) is 0 Å². The molecule has 0 aliphatic carbocycles. The van der Waals surface area contributed by atoms with Crippen molar-refractivity contribution in [2.24, 2.45) is 0 Å². The summed E-state index contributed by atoms with van der Waals surface area (Å²) in [6.07, 6.45) is 0. The lowest BCUT2D eigenvalue weighted by Crippen LogP contribution is -2.56. The Morgan fingerprint density at radius 2 is 1.53 bits per heavy atom. The molecule has 0 aromatic carbocycles. The van der Waals surface area contributed by atoms with Crippen LogP contribution in [-0.2, 0) is 19.1 Å². The maximum absolute atomic E-state index is 12.2. The first-order valence-electron chi connectivity index (χ1n) is 4.09. The maximum atomic E-state index is 12.2. The van der Waals surface area contributed by atoms with Crippen molar-refractivity contribution in [2.45, 2.75) is 19.6 Å². The van der Waals surface area contributed by atoms with Gasteiger partial charge in [0.15, 0.2) is 0 Å². The number of aliphatic hydroxyl groups is 1. The van der Waals surface area contributed by atoms with E-state index >= 15 is 0 Å². The molecule has 0 aromatic rings. The highest BCUT2D eigenvalue weighted by Crippen LogP contribution is 2.17. The van der Waals surface area contributed by atoms with Gasteiger partial charge in [-0.05, 0) is 13.8 Å². The van der Waals surface area contributed by atoms with Crippen LogP contribution in [0.1, 0.15) is 13.8 Å². The summed E-state index contributed by atoms with van der Waals surface area (Å²) in [5.74, 6) is -3.57. The fourth-order valence-electron chi connectivity index (χ4n) is 0.685. The van der Waals surface area contributed by atoms with Gasteiger partial charge in [0.2, 0.25) is 0 Å². The van der Waals surface area contributed by atoms with Crippen LogP contribution in [0.3, 0.4) is 0 Å². The number of ether oxygens (including phenoxy) is 2. The van der Waals surface area contributed by atoms with Gasteiger partial charge in [0.25, 0.3) is 0 Å². The summed E-state index contributed by atoms with van der Waals surface area (Å²) in [6, 6.07) is 0. The van der Waals surface area contributed by atoms with Gasteiger partial charge in [-0.25, -0.2) is 9.59 Å². The van der Waals surface area contributed by atoms with Gasteiger partial charge in [0, 0.05) is 0 Å². The highest BCUT2D eigenvalue weighted by atomic mass is 19.4. The van der Waals surface area contributed by atoms with Crippen molar-refractivity contribution in [3.63, 3.8) is 0 Å². The molecule has 0 rings (SSSR count). The van der Waals surface area contributed by atoms with E-state index in [0.29, 0.717) is 0 Å². The first-order chi connectivity index (χ1) is 6.91. The molecule has 0 saturated carbocycles. The van der Waals surface area contributed by atoms with E-state index in [0.717, 1.165) is 0 Å². The first kappa shape index (κ1) is 13.7. The molecule has 8 heteroatoms. The number of hydrogen-bond donors (Lipinski definition) is 1. The summed E-state index contributed by atoms with van der Waals surface area (Å²) in [4.78, 5) is 21.9. The van der Waals surface area contributed by atoms with Gasteiger partial charge in [0.05, 0.1) is 18.6 Å². The average Bonchev–Trinajstić information content (AvgIpc) is 2.16. The number of rotatable bonds is 5. The lowest BCUT2D eigenvalue weighted by Gasteiger charge is -2.22. The molecule has 15 heavy (non-hydrogen) atoms. The molecular weight excluding hydrogens is 216 g/mol. The van der Waals surface area contributed by atoms with Gasteiger partial charge >= 0.3 is 17.7 Å². The third-order valence-corrected chi connectivity index (χ3v) is 1.36. The largest absolute Gasteiger partial charge is 0.462 e. The quantitative estimate of drug-likeness (QED) is 0.305. The van der Waals surface area contributed by atoms with E-state index in [2.05, 4.69) is 9.47 Å². The van der Waals surface area contributed by atoms with Gasteiger partial charge in [-0.3, -0.25) is 0 Å². The monoisotopic (exact) mass is 227 g/mol. The van der Waals surface area contributed by atoms with Crippen molar-refractivity contribution in [3.05, 3.63) is 0 Å². The summed E-state index contributed by atoms with van der Waals surface area (Å²) >= 11 is 0. The summed E-state index contributed by atoms with van der Waals surface area (Å²) in [6.45, 7) is 2.16. The minimum atomic E-state index is -3.70. The minimum Gasteiger partial charge on any atom is -0.462 e. The Morgan fingerprint density at radius 1 is 1.20 bits per heavy atom. The van der Waals surface area contributed by atoms with Crippen LogP contribution in [-0.4, -0.2) is 41.3 Å². The molecule has 0 heterocycles. The Kier molecular flexibility index (Phi) is 5.09. The molecular formula is C7H11F2NO5. The summed E-state index contributed by atoms with van der Waals surface area (Å²) in [5, 5.41) is 7.16. The smallest absolute Gasteiger partial charge is 0.374 e. The lowest BCUT2D eigenvalue weighted by atomic mass is 10.2. The zero-order chi connectivity index (χ0) is 12.1. The molecule has 0 aliphatic rings. The number of nitrogens with zero attached hydrogens (tertiary/aromatic N) is 1. The molecule has 0 amide bonds. The second-order valence-corrected chi connectivity index (χ2v) is 2.35. The van der Waals surface area contributed by atoms with Crippen LogP contribution in [0, 0.1) is 0 Å². The Balaban J connectivity index is 4.88. The highest BCUT2D eigenvalue weighted by molar-refractivity contribution is 6.02. The van der Waals surface area contributed by atoms with Gasteiger partial charge in [-0.2, -0.15) is 0 Å². The fourth-order valence-corrected chi connectivity index (χ4v) is 0.685. The van der Waals surface area contributed by atoms with Gasteiger partial charge in [-0.15, -0.1) is 0 Å². The van der Waals surface area contributed by atoms with Crippen LogP contribution in [0.4, 0.5) is 8.96 Å². The molecule has 6 nitrogen and oxygen atoms in total. The van der Waals surface area contributed by atoms with E-state index in [9.17, 15) is 18.6 Å². The summed E-state index contributed by atoms with van der Waals surface area (Å²) in [7, 11) is 0. The molecule has 0 atom stereocenters. The van der Waals surface area contributed by atoms with E-state index in [-0.39, 0.29) is 13.2 Å². The van der Waals surface area contributed by atoms with E-state index in [4.69, 9.17) is 5.11 Å². The van der Waals surface area contributed by atoms with Crippen LogP contribution >= 0.6 is 0 Å². The second-order valence-electron chi connectivity index (χ2n) is 2.35. The first-order valence-corrected chi connectivity index (χ1v) is 4.09. The molecule has 0 radical (unpaired) electrons. The summed E-state index contributed by atoms with van der Waals surface area (Å²) in [5.41, 5.74) is -3.70. The Hall–Kier alpha value is -1.28. The van der Waals surface area contributed by atoms with Gasteiger partial charge < -0.3 is 14.6 Å². The minimum absolute atomic E-state index is 0.256. The zero-order valence-electron chi connectivity index (χ0n) is 8.20. The number of halogens is 2. The lowest BCUT2D eigenvalue weighted by molar-refractivity contribution is -0.299. The van der Waals surface area contributed by atoms with E-state index < -0.39 is 23.0 Å². The molecule has 1 N–H and O–H groups in total. The average molecular weight is 227 g/mol. The van der Waals surface area contributed by atoms with Crippen LogP contribution in [0.25, 0.3) is 0 Å². The predicted octanol–water partition coefficient (Wildman–Crippen LogP) is -0.128. The topological polar surface area (TPSA) is 76.1 Å². The normalized spacial score (nSPS) is 11.3. The van der Waals surface area contributed by atoms with Crippen LogP contribution in [0.5, 0.6) is 0 Å². The Morgan fingerprint density at radius 3 is 1.73 bits per heavy atom. The molecule has 0 saturated heterocycles. The third-order valence-electron chi connectivity index (χ3n) is 1.36. The van der Waals surface area contributed by atoms with Crippen molar-refractivity contribution >= 4 is 11.9 Å². The van der Waals surface area contributed by atoms with E-state index in [1.807, 2.05) is 0 Å². The van der Waals surface area contributed by atoms with Crippen molar-refractivity contribution in [3.8, 4) is 0 Å². The molecule has 0 aliphatic heterocycles. The van der Waals surface area contributed by atoms with Gasteiger partial charge in [-0.1, -0.05) is 8.96 Å². The highest BCUT2D eigenvalue weighted by Gasteiger charge is 2.55. The standard InChI is InChI=1S/C7H11F2NO5/c1-3-14-5(11)7(13,10(8)9)6(12)15-4-2/h13H,3-4H2,1-2H3.